The van der Waals surface area contributed by atoms with Crippen LogP contribution in [0.5, 0.6) is 0 Å². The molecule has 0 aliphatic rings. The van der Waals surface area contributed by atoms with E-state index < -0.39 is 11.9 Å². The molecule has 0 fully saturated rings. The minimum absolute atomic E-state index is 0.0435. The molecule has 1 rings (SSSR count). The predicted octanol–water partition coefficient (Wildman–Crippen LogP) is 5.36. The summed E-state index contributed by atoms with van der Waals surface area (Å²) in [5.74, 6) is -0.563. The van der Waals surface area contributed by atoms with Crippen molar-refractivity contribution >= 4 is 11.9 Å². The quantitative estimate of drug-likeness (QED) is 0.639. The van der Waals surface area contributed by atoms with Gasteiger partial charge in [-0.05, 0) is 34.8 Å². The van der Waals surface area contributed by atoms with E-state index >= 15 is 0 Å². The van der Waals surface area contributed by atoms with Gasteiger partial charge >= 0.3 is 11.9 Å². The molecule has 0 N–H and O–H groups in total. The highest BCUT2D eigenvalue weighted by Crippen LogP contribution is 2.27. The maximum atomic E-state index is 12.5. The molecule has 0 spiro atoms. The van der Waals surface area contributed by atoms with Gasteiger partial charge in [-0.25, -0.2) is 9.59 Å². The molecular weight excluding hydrogens is 328 g/mol. The molecule has 1 aromatic rings. The van der Waals surface area contributed by atoms with E-state index in [1.165, 1.54) is 0 Å². The van der Waals surface area contributed by atoms with E-state index in [-0.39, 0.29) is 33.8 Å². The standard InChI is InChI=1S/C22H34O4/c1-15(21(3,4)5)13-25-19(23)17-11-9-10-12-18(17)20(24)26-14-16(2)22(6,7)8/h9-12,15-16H,13-14H2,1-8H3. The van der Waals surface area contributed by atoms with Crippen LogP contribution in [0.2, 0.25) is 0 Å². The first-order chi connectivity index (χ1) is 11.8. The van der Waals surface area contributed by atoms with E-state index in [9.17, 15) is 9.59 Å². The zero-order valence-corrected chi connectivity index (χ0v) is 17.5. The van der Waals surface area contributed by atoms with Crippen molar-refractivity contribution in [1.82, 2.24) is 0 Å². The van der Waals surface area contributed by atoms with Gasteiger partial charge in [-0.3, -0.25) is 0 Å². The van der Waals surface area contributed by atoms with Crippen molar-refractivity contribution in [2.75, 3.05) is 13.2 Å². The average molecular weight is 363 g/mol. The molecule has 0 bridgehead atoms. The molecule has 0 saturated carbocycles. The number of hydrogen-bond donors (Lipinski definition) is 0. The van der Waals surface area contributed by atoms with Crippen molar-refractivity contribution in [1.29, 1.82) is 0 Å². The molecule has 0 aliphatic carbocycles. The number of hydrogen-bond acceptors (Lipinski definition) is 4. The van der Waals surface area contributed by atoms with Crippen molar-refractivity contribution in [3.05, 3.63) is 35.4 Å². The summed E-state index contributed by atoms with van der Waals surface area (Å²) in [5, 5.41) is 0. The third kappa shape index (κ3) is 6.47. The molecular formula is C22H34O4. The van der Waals surface area contributed by atoms with Gasteiger partial charge in [0.05, 0.1) is 24.3 Å². The second-order valence-corrected chi connectivity index (χ2v) is 9.28. The van der Waals surface area contributed by atoms with Gasteiger partial charge in [0.25, 0.3) is 0 Å². The van der Waals surface area contributed by atoms with Gasteiger partial charge in [0, 0.05) is 0 Å². The molecule has 26 heavy (non-hydrogen) atoms. The molecule has 4 heteroatoms. The molecule has 146 valence electrons. The second kappa shape index (κ2) is 8.70. The zero-order chi connectivity index (χ0) is 20.1. The fraction of sp³-hybridized carbons (Fsp3) is 0.636. The Kier molecular flexibility index (Phi) is 7.43. The van der Waals surface area contributed by atoms with Crippen LogP contribution in [0.1, 0.15) is 76.1 Å². The summed E-state index contributed by atoms with van der Waals surface area (Å²) in [4.78, 5) is 24.9. The van der Waals surface area contributed by atoms with E-state index in [0.29, 0.717) is 13.2 Å². The molecule has 0 aliphatic heterocycles. The molecule has 0 aromatic heterocycles. The molecule has 0 radical (unpaired) electrons. The Morgan fingerprint density at radius 2 is 1.08 bits per heavy atom. The average Bonchev–Trinajstić information content (AvgIpc) is 2.54. The highest BCUT2D eigenvalue weighted by atomic mass is 16.5. The van der Waals surface area contributed by atoms with Crippen LogP contribution in [-0.4, -0.2) is 25.2 Å². The SMILES string of the molecule is CC(COC(=O)c1ccccc1C(=O)OCC(C)C(C)(C)C)C(C)(C)C. The van der Waals surface area contributed by atoms with E-state index in [2.05, 4.69) is 41.5 Å². The monoisotopic (exact) mass is 362 g/mol. The van der Waals surface area contributed by atoms with E-state index in [1.54, 1.807) is 24.3 Å². The van der Waals surface area contributed by atoms with Gasteiger partial charge in [0.2, 0.25) is 0 Å². The van der Waals surface area contributed by atoms with Crippen LogP contribution in [-0.2, 0) is 9.47 Å². The summed E-state index contributed by atoms with van der Waals surface area (Å²) in [5.41, 5.74) is 0.591. The van der Waals surface area contributed by atoms with E-state index in [1.807, 2.05) is 13.8 Å². The number of carbonyl (C=O) groups is 2. The first-order valence-corrected chi connectivity index (χ1v) is 9.27. The number of benzene rings is 1. The van der Waals surface area contributed by atoms with Crippen molar-refractivity contribution in [3.63, 3.8) is 0 Å². The van der Waals surface area contributed by atoms with Gasteiger partial charge in [-0.2, -0.15) is 0 Å². The minimum Gasteiger partial charge on any atom is -0.462 e. The summed E-state index contributed by atoms with van der Waals surface area (Å²) >= 11 is 0. The predicted molar refractivity (Wildman–Crippen MR) is 104 cm³/mol. The molecule has 0 saturated heterocycles. The van der Waals surface area contributed by atoms with Gasteiger partial charge in [-0.15, -0.1) is 0 Å². The lowest BCUT2D eigenvalue weighted by molar-refractivity contribution is 0.0311. The smallest absolute Gasteiger partial charge is 0.339 e. The number of ether oxygens (including phenoxy) is 2. The maximum Gasteiger partial charge on any atom is 0.339 e. The highest BCUT2D eigenvalue weighted by Gasteiger charge is 2.25. The third-order valence-electron chi connectivity index (χ3n) is 5.25. The van der Waals surface area contributed by atoms with Crippen molar-refractivity contribution in [2.45, 2.75) is 55.4 Å². The highest BCUT2D eigenvalue weighted by molar-refractivity contribution is 6.03. The molecule has 1 aromatic carbocycles. The van der Waals surface area contributed by atoms with E-state index in [0.717, 1.165) is 0 Å². The summed E-state index contributed by atoms with van der Waals surface area (Å²) < 4.78 is 10.9. The summed E-state index contributed by atoms with van der Waals surface area (Å²) in [6, 6.07) is 6.65. The maximum absolute atomic E-state index is 12.5. The van der Waals surface area contributed by atoms with Gasteiger partial charge in [0.15, 0.2) is 0 Å². The first-order valence-electron chi connectivity index (χ1n) is 9.27. The second-order valence-electron chi connectivity index (χ2n) is 9.28. The Morgan fingerprint density at radius 3 is 1.35 bits per heavy atom. The van der Waals surface area contributed by atoms with Crippen molar-refractivity contribution < 1.29 is 19.1 Å². The normalized spacial score (nSPS) is 14.5. The van der Waals surface area contributed by atoms with Gasteiger partial charge in [-0.1, -0.05) is 67.5 Å². The lowest BCUT2D eigenvalue weighted by Crippen LogP contribution is -2.26. The fourth-order valence-corrected chi connectivity index (χ4v) is 1.90. The largest absolute Gasteiger partial charge is 0.462 e. The summed E-state index contributed by atoms with van der Waals surface area (Å²) in [6.07, 6.45) is 0. The lowest BCUT2D eigenvalue weighted by atomic mass is 9.83. The fourth-order valence-electron chi connectivity index (χ4n) is 1.90. The van der Waals surface area contributed by atoms with Crippen LogP contribution in [0.15, 0.2) is 24.3 Å². The van der Waals surface area contributed by atoms with Crippen LogP contribution >= 0.6 is 0 Å². The first kappa shape index (κ1) is 22.2. The molecule has 0 heterocycles. The van der Waals surface area contributed by atoms with Crippen LogP contribution in [0.4, 0.5) is 0 Å². The van der Waals surface area contributed by atoms with Gasteiger partial charge < -0.3 is 9.47 Å². The Morgan fingerprint density at radius 1 is 0.769 bits per heavy atom. The zero-order valence-electron chi connectivity index (χ0n) is 17.5. The van der Waals surface area contributed by atoms with Crippen molar-refractivity contribution in [3.8, 4) is 0 Å². The Labute approximate surface area is 158 Å². The number of esters is 2. The number of rotatable bonds is 6. The molecule has 4 nitrogen and oxygen atoms in total. The van der Waals surface area contributed by atoms with Crippen LogP contribution < -0.4 is 0 Å². The topological polar surface area (TPSA) is 52.6 Å². The Balaban J connectivity index is 2.80. The minimum atomic E-state index is -0.488. The van der Waals surface area contributed by atoms with Gasteiger partial charge in [0.1, 0.15) is 0 Å². The molecule has 2 atom stereocenters. The van der Waals surface area contributed by atoms with Crippen LogP contribution in [0.25, 0.3) is 0 Å². The molecule has 0 amide bonds. The van der Waals surface area contributed by atoms with Crippen molar-refractivity contribution in [2.24, 2.45) is 22.7 Å². The number of carbonyl (C=O) groups excluding carboxylic acids is 2. The lowest BCUT2D eigenvalue weighted by Gasteiger charge is -2.27. The third-order valence-corrected chi connectivity index (χ3v) is 5.25. The Bertz CT molecular complexity index is 565. The summed E-state index contributed by atoms with van der Waals surface area (Å²) in [7, 11) is 0. The van der Waals surface area contributed by atoms with E-state index in [4.69, 9.17) is 9.47 Å². The van der Waals surface area contributed by atoms with Crippen LogP contribution in [0.3, 0.4) is 0 Å². The van der Waals surface area contributed by atoms with Crippen LogP contribution in [0, 0.1) is 22.7 Å². The molecule has 2 unspecified atom stereocenters. The Hall–Kier alpha value is -1.84. The summed E-state index contributed by atoms with van der Waals surface area (Å²) in [6.45, 7) is 17.3.